The van der Waals surface area contributed by atoms with E-state index in [1.807, 2.05) is 6.07 Å². The molecule has 1 heterocycles. The van der Waals surface area contributed by atoms with Gasteiger partial charge in [0.25, 0.3) is 0 Å². The lowest BCUT2D eigenvalue weighted by Crippen LogP contribution is -2.38. The van der Waals surface area contributed by atoms with Gasteiger partial charge < -0.3 is 15.0 Å². The lowest BCUT2D eigenvalue weighted by Gasteiger charge is -2.36. The zero-order valence-electron chi connectivity index (χ0n) is 12.5. The van der Waals surface area contributed by atoms with E-state index in [1.54, 1.807) is 7.11 Å². The molecule has 1 aliphatic rings. The maximum atomic E-state index is 6.16. The molecule has 1 aromatic carbocycles. The Labute approximate surface area is 127 Å². The Morgan fingerprint density at radius 1 is 1.40 bits per heavy atom. The monoisotopic (exact) mass is 296 g/mol. The first-order valence-corrected chi connectivity index (χ1v) is 7.85. The van der Waals surface area contributed by atoms with Gasteiger partial charge in [-0.15, -0.1) is 0 Å². The number of nitrogens with one attached hydrogen (secondary N) is 1. The smallest absolute Gasteiger partial charge is 0.0587 e. The van der Waals surface area contributed by atoms with Gasteiger partial charge in [0.2, 0.25) is 0 Å². The Bertz CT molecular complexity index is 425. The minimum absolute atomic E-state index is 0.614. The van der Waals surface area contributed by atoms with Crippen LogP contribution in [0.5, 0.6) is 0 Å². The maximum absolute atomic E-state index is 6.16. The van der Waals surface area contributed by atoms with Crippen molar-refractivity contribution >= 4 is 17.3 Å². The van der Waals surface area contributed by atoms with Crippen LogP contribution in [0.2, 0.25) is 5.02 Å². The predicted molar refractivity (Wildman–Crippen MR) is 85.7 cm³/mol. The fraction of sp³-hybridized carbons (Fsp3) is 0.625. The van der Waals surface area contributed by atoms with Crippen LogP contribution >= 0.6 is 11.6 Å². The molecular weight excluding hydrogens is 272 g/mol. The molecule has 0 spiro atoms. The second-order valence-corrected chi connectivity index (χ2v) is 5.92. The third kappa shape index (κ3) is 4.11. The van der Waals surface area contributed by atoms with Crippen LogP contribution in [0.25, 0.3) is 0 Å². The first kappa shape index (κ1) is 15.6. The Morgan fingerprint density at radius 3 is 3.00 bits per heavy atom. The van der Waals surface area contributed by atoms with Crippen LogP contribution in [0.4, 0.5) is 5.69 Å². The minimum Gasteiger partial charge on any atom is -0.383 e. The van der Waals surface area contributed by atoms with E-state index in [2.05, 4.69) is 29.3 Å². The number of hydrogen-bond acceptors (Lipinski definition) is 3. The molecule has 2 rings (SSSR count). The first-order valence-electron chi connectivity index (χ1n) is 7.47. The molecule has 1 aromatic rings. The summed E-state index contributed by atoms with van der Waals surface area (Å²) in [5, 5.41) is 4.22. The van der Waals surface area contributed by atoms with E-state index in [1.165, 1.54) is 30.5 Å². The Kier molecular flexibility index (Phi) is 6.14. The molecule has 0 aromatic heterocycles. The highest BCUT2D eigenvalue weighted by Gasteiger charge is 2.20. The molecule has 0 radical (unpaired) electrons. The van der Waals surface area contributed by atoms with E-state index < -0.39 is 0 Å². The number of piperidine rings is 1. The van der Waals surface area contributed by atoms with Crippen LogP contribution in [-0.4, -0.2) is 32.8 Å². The van der Waals surface area contributed by atoms with E-state index in [4.69, 9.17) is 16.3 Å². The number of nitrogens with zero attached hydrogens (tertiary/aromatic N) is 1. The molecule has 4 heteroatoms. The number of anilines is 1. The van der Waals surface area contributed by atoms with E-state index in [0.717, 1.165) is 31.3 Å². The van der Waals surface area contributed by atoms with Gasteiger partial charge in [-0.1, -0.05) is 11.6 Å². The minimum atomic E-state index is 0.614. The number of methoxy groups -OCH3 is 1. The third-order valence-corrected chi connectivity index (χ3v) is 4.19. The van der Waals surface area contributed by atoms with Gasteiger partial charge in [0.15, 0.2) is 0 Å². The zero-order chi connectivity index (χ0) is 14.4. The molecule has 1 aliphatic heterocycles. The van der Waals surface area contributed by atoms with Gasteiger partial charge in [-0.25, -0.2) is 0 Å². The van der Waals surface area contributed by atoms with Crippen LogP contribution in [0.15, 0.2) is 18.2 Å². The molecule has 1 unspecified atom stereocenters. The Morgan fingerprint density at radius 2 is 2.25 bits per heavy atom. The van der Waals surface area contributed by atoms with Gasteiger partial charge in [0.05, 0.1) is 6.61 Å². The average molecular weight is 297 g/mol. The van der Waals surface area contributed by atoms with E-state index >= 15 is 0 Å². The van der Waals surface area contributed by atoms with Crippen molar-refractivity contribution in [2.45, 2.75) is 38.8 Å². The van der Waals surface area contributed by atoms with Crippen molar-refractivity contribution < 1.29 is 4.74 Å². The fourth-order valence-corrected chi connectivity index (χ4v) is 3.02. The molecule has 0 aliphatic carbocycles. The molecule has 1 fully saturated rings. The number of ether oxygens (including phenoxy) is 1. The van der Waals surface area contributed by atoms with E-state index in [0.29, 0.717) is 6.04 Å². The summed E-state index contributed by atoms with van der Waals surface area (Å²) >= 11 is 6.16. The fourth-order valence-electron chi connectivity index (χ4n) is 2.83. The second-order valence-electron chi connectivity index (χ2n) is 5.48. The van der Waals surface area contributed by atoms with Crippen molar-refractivity contribution in [1.82, 2.24) is 5.32 Å². The van der Waals surface area contributed by atoms with E-state index in [-0.39, 0.29) is 0 Å². The largest absolute Gasteiger partial charge is 0.383 e. The lowest BCUT2D eigenvalue weighted by atomic mass is 10.0. The summed E-state index contributed by atoms with van der Waals surface area (Å²) in [5.74, 6) is 0. The number of halogens is 1. The molecule has 0 bridgehead atoms. The van der Waals surface area contributed by atoms with Crippen molar-refractivity contribution in [3.05, 3.63) is 28.8 Å². The molecule has 1 N–H and O–H groups in total. The SMILES string of the molecule is COCCNCc1cc(Cl)ccc1N1CCCCC1C. The molecule has 1 atom stereocenters. The highest BCUT2D eigenvalue weighted by molar-refractivity contribution is 6.30. The van der Waals surface area contributed by atoms with Crippen molar-refractivity contribution in [1.29, 1.82) is 0 Å². The van der Waals surface area contributed by atoms with Crippen molar-refractivity contribution in [2.24, 2.45) is 0 Å². The summed E-state index contributed by atoms with van der Waals surface area (Å²) in [6.45, 7) is 5.89. The van der Waals surface area contributed by atoms with Crippen LogP contribution in [0, 0.1) is 0 Å². The third-order valence-electron chi connectivity index (χ3n) is 3.95. The predicted octanol–water partition coefficient (Wildman–Crippen LogP) is 3.45. The molecule has 3 nitrogen and oxygen atoms in total. The second kappa shape index (κ2) is 7.87. The van der Waals surface area contributed by atoms with Gasteiger partial charge in [0.1, 0.15) is 0 Å². The summed E-state index contributed by atoms with van der Waals surface area (Å²) < 4.78 is 5.07. The average Bonchev–Trinajstić information content (AvgIpc) is 2.45. The summed E-state index contributed by atoms with van der Waals surface area (Å²) in [4.78, 5) is 2.52. The maximum Gasteiger partial charge on any atom is 0.0587 e. The molecule has 1 saturated heterocycles. The van der Waals surface area contributed by atoms with Gasteiger partial charge in [-0.3, -0.25) is 0 Å². The lowest BCUT2D eigenvalue weighted by molar-refractivity contribution is 0.199. The molecule has 112 valence electrons. The van der Waals surface area contributed by atoms with Gasteiger partial charge in [-0.2, -0.15) is 0 Å². The standard InChI is InChI=1S/C16H25ClN2O/c1-13-5-3-4-9-19(13)16-7-6-15(17)11-14(16)12-18-8-10-20-2/h6-7,11,13,18H,3-5,8-10,12H2,1-2H3. The van der Waals surface area contributed by atoms with Gasteiger partial charge >= 0.3 is 0 Å². The quantitative estimate of drug-likeness (QED) is 0.814. The topological polar surface area (TPSA) is 24.5 Å². The number of benzene rings is 1. The van der Waals surface area contributed by atoms with Crippen molar-refractivity contribution in [3.8, 4) is 0 Å². The van der Waals surface area contributed by atoms with Gasteiger partial charge in [0, 0.05) is 43.5 Å². The molecule has 20 heavy (non-hydrogen) atoms. The van der Waals surface area contributed by atoms with Crippen LogP contribution in [0.1, 0.15) is 31.7 Å². The first-order chi connectivity index (χ1) is 9.72. The number of rotatable bonds is 6. The zero-order valence-corrected chi connectivity index (χ0v) is 13.2. The van der Waals surface area contributed by atoms with Crippen molar-refractivity contribution in [3.63, 3.8) is 0 Å². The Hall–Kier alpha value is -0.770. The van der Waals surface area contributed by atoms with Crippen molar-refractivity contribution in [2.75, 3.05) is 31.7 Å². The normalized spacial score (nSPS) is 19.4. The summed E-state index contributed by atoms with van der Waals surface area (Å²) in [6.07, 6.45) is 3.90. The highest BCUT2D eigenvalue weighted by Crippen LogP contribution is 2.29. The molecular formula is C16H25ClN2O. The van der Waals surface area contributed by atoms with Crippen LogP contribution < -0.4 is 10.2 Å². The summed E-state index contributed by atoms with van der Waals surface area (Å²) in [7, 11) is 1.72. The number of hydrogen-bond donors (Lipinski definition) is 1. The summed E-state index contributed by atoms with van der Waals surface area (Å²) in [5.41, 5.74) is 2.61. The van der Waals surface area contributed by atoms with E-state index in [9.17, 15) is 0 Å². The molecule has 0 amide bonds. The Balaban J connectivity index is 2.10. The van der Waals surface area contributed by atoms with Crippen LogP contribution in [0.3, 0.4) is 0 Å². The van der Waals surface area contributed by atoms with Crippen LogP contribution in [-0.2, 0) is 11.3 Å². The summed E-state index contributed by atoms with van der Waals surface area (Å²) in [6, 6.07) is 6.86. The van der Waals surface area contributed by atoms with Gasteiger partial charge in [-0.05, 0) is 49.9 Å². The molecule has 0 saturated carbocycles. The highest BCUT2D eigenvalue weighted by atomic mass is 35.5.